The van der Waals surface area contributed by atoms with Crippen LogP contribution in [0.1, 0.15) is 43.2 Å². The van der Waals surface area contributed by atoms with Crippen molar-refractivity contribution in [1.29, 1.82) is 0 Å². The van der Waals surface area contributed by atoms with Gasteiger partial charge in [0.05, 0.1) is 0 Å². The molecule has 2 aromatic carbocycles. The summed E-state index contributed by atoms with van der Waals surface area (Å²) >= 11 is 6.12. The topological polar surface area (TPSA) is 0 Å². The van der Waals surface area contributed by atoms with Crippen LogP contribution in [-0.2, 0) is 5.41 Å². The Labute approximate surface area is 124 Å². The molecule has 3 rings (SSSR count). The van der Waals surface area contributed by atoms with E-state index in [1.807, 2.05) is 24.3 Å². The first-order valence-corrected chi connectivity index (χ1v) is 7.61. The molecule has 1 saturated carbocycles. The molecule has 0 amide bonds. The molecule has 0 heterocycles. The van der Waals surface area contributed by atoms with E-state index >= 15 is 0 Å². The SMILES string of the molecule is Fc1ccc(Cl)cc1C1(c2ccccc2)CCCCC1. The fraction of sp³-hybridized carbons (Fsp3) is 0.333. The van der Waals surface area contributed by atoms with Crippen LogP contribution >= 0.6 is 11.6 Å². The summed E-state index contributed by atoms with van der Waals surface area (Å²) in [6.45, 7) is 0. The van der Waals surface area contributed by atoms with Crippen LogP contribution < -0.4 is 0 Å². The number of benzene rings is 2. The van der Waals surface area contributed by atoms with E-state index in [2.05, 4.69) is 12.1 Å². The first-order valence-electron chi connectivity index (χ1n) is 7.23. The Kier molecular flexibility index (Phi) is 3.80. The molecule has 104 valence electrons. The third-order valence-corrected chi connectivity index (χ3v) is 4.71. The van der Waals surface area contributed by atoms with Crippen molar-refractivity contribution >= 4 is 11.6 Å². The molecule has 20 heavy (non-hydrogen) atoms. The molecule has 0 spiro atoms. The third-order valence-electron chi connectivity index (χ3n) is 4.48. The van der Waals surface area contributed by atoms with E-state index < -0.39 is 0 Å². The monoisotopic (exact) mass is 288 g/mol. The van der Waals surface area contributed by atoms with Crippen molar-refractivity contribution in [3.8, 4) is 0 Å². The first-order chi connectivity index (χ1) is 9.72. The van der Waals surface area contributed by atoms with Crippen molar-refractivity contribution < 1.29 is 4.39 Å². The molecule has 0 aromatic heterocycles. The molecule has 0 N–H and O–H groups in total. The smallest absolute Gasteiger partial charge is 0.127 e. The molecule has 2 aromatic rings. The van der Waals surface area contributed by atoms with E-state index in [9.17, 15) is 4.39 Å². The highest BCUT2D eigenvalue weighted by Crippen LogP contribution is 2.46. The number of hydrogen-bond acceptors (Lipinski definition) is 0. The minimum Gasteiger partial charge on any atom is -0.207 e. The lowest BCUT2D eigenvalue weighted by molar-refractivity contribution is 0.335. The number of hydrogen-bond donors (Lipinski definition) is 0. The van der Waals surface area contributed by atoms with Crippen molar-refractivity contribution in [2.45, 2.75) is 37.5 Å². The third kappa shape index (κ3) is 2.35. The van der Waals surface area contributed by atoms with Crippen LogP contribution in [0.5, 0.6) is 0 Å². The zero-order valence-electron chi connectivity index (χ0n) is 11.4. The lowest BCUT2D eigenvalue weighted by Crippen LogP contribution is -2.31. The summed E-state index contributed by atoms with van der Waals surface area (Å²) < 4.78 is 14.4. The molecular weight excluding hydrogens is 271 g/mol. The van der Waals surface area contributed by atoms with Crippen LogP contribution in [0.3, 0.4) is 0 Å². The average molecular weight is 289 g/mol. The summed E-state index contributed by atoms with van der Waals surface area (Å²) in [4.78, 5) is 0. The van der Waals surface area contributed by atoms with Gasteiger partial charge in [0.2, 0.25) is 0 Å². The number of halogens is 2. The first kappa shape index (κ1) is 13.6. The van der Waals surface area contributed by atoms with Gasteiger partial charge in [-0.25, -0.2) is 4.39 Å². The zero-order chi connectivity index (χ0) is 14.0. The molecule has 0 atom stereocenters. The maximum Gasteiger partial charge on any atom is 0.127 e. The molecule has 0 nitrogen and oxygen atoms in total. The van der Waals surface area contributed by atoms with Crippen molar-refractivity contribution in [2.75, 3.05) is 0 Å². The maximum absolute atomic E-state index is 14.4. The van der Waals surface area contributed by atoms with E-state index in [0.29, 0.717) is 5.02 Å². The van der Waals surface area contributed by atoms with Crippen molar-refractivity contribution in [2.24, 2.45) is 0 Å². The van der Waals surface area contributed by atoms with Gasteiger partial charge in [0.25, 0.3) is 0 Å². The normalized spacial score (nSPS) is 17.9. The second-order valence-corrected chi connectivity index (χ2v) is 6.07. The Morgan fingerprint density at radius 3 is 2.30 bits per heavy atom. The summed E-state index contributed by atoms with van der Waals surface area (Å²) in [6, 6.07) is 15.3. The minimum absolute atomic E-state index is 0.139. The number of rotatable bonds is 2. The van der Waals surface area contributed by atoms with E-state index in [-0.39, 0.29) is 11.2 Å². The summed E-state index contributed by atoms with van der Waals surface area (Å²) in [7, 11) is 0. The van der Waals surface area contributed by atoms with Gasteiger partial charge >= 0.3 is 0 Å². The predicted molar refractivity (Wildman–Crippen MR) is 81.7 cm³/mol. The van der Waals surface area contributed by atoms with Gasteiger partial charge in [-0.2, -0.15) is 0 Å². The Morgan fingerprint density at radius 1 is 0.900 bits per heavy atom. The fourth-order valence-electron chi connectivity index (χ4n) is 3.49. The molecule has 0 unspecified atom stereocenters. The average Bonchev–Trinajstić information content (AvgIpc) is 2.51. The molecule has 0 aliphatic heterocycles. The minimum atomic E-state index is -0.214. The highest BCUT2D eigenvalue weighted by atomic mass is 35.5. The van der Waals surface area contributed by atoms with Crippen LogP contribution in [0.15, 0.2) is 48.5 Å². The van der Waals surface area contributed by atoms with Gasteiger partial charge in [0.1, 0.15) is 5.82 Å². The second kappa shape index (κ2) is 5.57. The van der Waals surface area contributed by atoms with Gasteiger partial charge in [-0.05, 0) is 42.2 Å². The van der Waals surface area contributed by atoms with E-state index in [1.54, 1.807) is 6.07 Å². The van der Waals surface area contributed by atoms with E-state index in [0.717, 1.165) is 31.2 Å². The zero-order valence-corrected chi connectivity index (χ0v) is 12.2. The van der Waals surface area contributed by atoms with Gasteiger partial charge in [0, 0.05) is 10.4 Å². The molecule has 0 saturated heterocycles. The maximum atomic E-state index is 14.4. The Bertz CT molecular complexity index is 586. The fourth-order valence-corrected chi connectivity index (χ4v) is 3.66. The quantitative estimate of drug-likeness (QED) is 0.662. The Hall–Kier alpha value is -1.34. The van der Waals surface area contributed by atoms with E-state index in [1.165, 1.54) is 18.1 Å². The van der Waals surface area contributed by atoms with Crippen LogP contribution in [-0.4, -0.2) is 0 Å². The van der Waals surface area contributed by atoms with Crippen LogP contribution in [0.4, 0.5) is 4.39 Å². The Morgan fingerprint density at radius 2 is 1.60 bits per heavy atom. The van der Waals surface area contributed by atoms with Gasteiger partial charge < -0.3 is 0 Å². The van der Waals surface area contributed by atoms with Crippen LogP contribution in [0.25, 0.3) is 0 Å². The molecule has 0 bridgehead atoms. The van der Waals surface area contributed by atoms with Gasteiger partial charge in [0.15, 0.2) is 0 Å². The Balaban J connectivity index is 2.17. The molecule has 0 radical (unpaired) electrons. The molecule has 2 heteroatoms. The van der Waals surface area contributed by atoms with Gasteiger partial charge in [-0.3, -0.25) is 0 Å². The van der Waals surface area contributed by atoms with Crippen LogP contribution in [0, 0.1) is 5.82 Å². The van der Waals surface area contributed by atoms with Crippen molar-refractivity contribution in [1.82, 2.24) is 0 Å². The lowest BCUT2D eigenvalue weighted by atomic mass is 9.65. The summed E-state index contributed by atoms with van der Waals surface area (Å²) in [5, 5.41) is 0.613. The molecular formula is C18H18ClF. The van der Waals surface area contributed by atoms with Crippen molar-refractivity contribution in [3.05, 3.63) is 70.5 Å². The van der Waals surface area contributed by atoms with Gasteiger partial charge in [-0.1, -0.05) is 61.2 Å². The highest BCUT2D eigenvalue weighted by molar-refractivity contribution is 6.30. The highest BCUT2D eigenvalue weighted by Gasteiger charge is 2.37. The summed E-state index contributed by atoms with van der Waals surface area (Å²) in [5.41, 5.74) is 1.76. The largest absolute Gasteiger partial charge is 0.207 e. The molecule has 1 fully saturated rings. The summed E-state index contributed by atoms with van der Waals surface area (Å²) in [6.07, 6.45) is 5.50. The van der Waals surface area contributed by atoms with E-state index in [4.69, 9.17) is 11.6 Å². The van der Waals surface area contributed by atoms with Gasteiger partial charge in [-0.15, -0.1) is 0 Å². The van der Waals surface area contributed by atoms with Crippen LogP contribution in [0.2, 0.25) is 5.02 Å². The summed E-state index contributed by atoms with van der Waals surface area (Å²) in [5.74, 6) is -0.139. The lowest BCUT2D eigenvalue weighted by Gasteiger charge is -2.38. The second-order valence-electron chi connectivity index (χ2n) is 5.63. The predicted octanol–water partition coefficient (Wildman–Crippen LogP) is 5.73. The molecule has 1 aliphatic rings. The van der Waals surface area contributed by atoms with Crippen molar-refractivity contribution in [3.63, 3.8) is 0 Å². The standard InChI is InChI=1S/C18H18ClF/c19-15-9-10-17(20)16(13-15)18(11-5-2-6-12-18)14-7-3-1-4-8-14/h1,3-4,7-10,13H,2,5-6,11-12H2. The molecule has 1 aliphatic carbocycles.